The number of ether oxygens (including phenoxy) is 1. The van der Waals surface area contributed by atoms with Gasteiger partial charge in [0.15, 0.2) is 5.44 Å². The monoisotopic (exact) mass is 379 g/mol. The molecule has 0 spiro atoms. The van der Waals surface area contributed by atoms with Crippen LogP contribution in [0, 0.1) is 0 Å². The fourth-order valence-electron chi connectivity index (χ4n) is 2.73. The van der Waals surface area contributed by atoms with E-state index in [-0.39, 0.29) is 5.78 Å². The first-order chi connectivity index (χ1) is 11.6. The molecule has 0 amide bonds. The number of hydrogen-bond donors (Lipinski definition) is 1. The maximum Gasteiger partial charge on any atom is 0.218 e. The largest absolute Gasteiger partial charge is 0.362 e. The fraction of sp³-hybridized carbons (Fsp3) is 0.167. The van der Waals surface area contributed by atoms with Gasteiger partial charge in [0, 0.05) is 23.6 Å². The molecule has 3 aromatic rings. The second-order valence-electron chi connectivity index (χ2n) is 5.19. The third-order valence-electron chi connectivity index (χ3n) is 3.81. The van der Waals surface area contributed by atoms with Crippen LogP contribution in [0.4, 0.5) is 0 Å². The standard InChI is InChI=1S/C18H15Cl2NO2S/c1-23-18(24-2)17(22)16-13(10-6-4-3-5-7-10)14-12(21-16)9-8-11(19)15(14)20/h3-9,18,21H,1-2H3. The van der Waals surface area contributed by atoms with Gasteiger partial charge in [-0.1, -0.05) is 53.5 Å². The van der Waals surface area contributed by atoms with Gasteiger partial charge in [-0.15, -0.1) is 11.8 Å². The summed E-state index contributed by atoms with van der Waals surface area (Å²) in [4.78, 5) is 16.1. The molecular weight excluding hydrogens is 365 g/mol. The topological polar surface area (TPSA) is 42.1 Å². The molecular formula is C18H15Cl2NO2S. The molecule has 0 aliphatic heterocycles. The number of benzene rings is 2. The van der Waals surface area contributed by atoms with E-state index >= 15 is 0 Å². The molecule has 2 aromatic carbocycles. The van der Waals surface area contributed by atoms with Crippen LogP contribution in [0.25, 0.3) is 22.0 Å². The van der Waals surface area contributed by atoms with E-state index in [1.165, 1.54) is 18.9 Å². The highest BCUT2D eigenvalue weighted by molar-refractivity contribution is 7.99. The Morgan fingerprint density at radius 3 is 2.50 bits per heavy atom. The highest BCUT2D eigenvalue weighted by Crippen LogP contribution is 2.40. The van der Waals surface area contributed by atoms with Crippen LogP contribution in [0.15, 0.2) is 42.5 Å². The van der Waals surface area contributed by atoms with E-state index in [1.54, 1.807) is 6.07 Å². The number of H-pyrrole nitrogens is 1. The Morgan fingerprint density at radius 2 is 1.88 bits per heavy atom. The van der Waals surface area contributed by atoms with Crippen molar-refractivity contribution in [1.82, 2.24) is 4.98 Å². The van der Waals surface area contributed by atoms with Crippen LogP contribution < -0.4 is 0 Å². The number of nitrogens with one attached hydrogen (secondary N) is 1. The number of hydrogen-bond acceptors (Lipinski definition) is 3. The van der Waals surface area contributed by atoms with Crippen molar-refractivity contribution >= 4 is 51.6 Å². The Labute approximate surface area is 154 Å². The van der Waals surface area contributed by atoms with Gasteiger partial charge in [0.05, 0.1) is 15.7 Å². The minimum absolute atomic E-state index is 0.132. The highest BCUT2D eigenvalue weighted by atomic mass is 35.5. The van der Waals surface area contributed by atoms with Gasteiger partial charge in [0.25, 0.3) is 0 Å². The summed E-state index contributed by atoms with van der Waals surface area (Å²) in [6, 6.07) is 13.2. The molecule has 0 saturated heterocycles. The van der Waals surface area contributed by atoms with E-state index in [0.29, 0.717) is 15.7 Å². The van der Waals surface area contributed by atoms with Crippen molar-refractivity contribution in [3.05, 3.63) is 58.2 Å². The van der Waals surface area contributed by atoms with Crippen LogP contribution in [0.5, 0.6) is 0 Å². The van der Waals surface area contributed by atoms with E-state index in [2.05, 4.69) is 4.98 Å². The zero-order valence-electron chi connectivity index (χ0n) is 13.1. The molecule has 1 aromatic heterocycles. The van der Waals surface area contributed by atoms with Gasteiger partial charge in [-0.25, -0.2) is 0 Å². The lowest BCUT2D eigenvalue weighted by atomic mass is 10.0. The van der Waals surface area contributed by atoms with Crippen molar-refractivity contribution < 1.29 is 9.53 Å². The fourth-order valence-corrected chi connectivity index (χ4v) is 3.67. The summed E-state index contributed by atoms with van der Waals surface area (Å²) in [5.41, 5.74) is 2.30. The molecule has 1 N–H and O–H groups in total. The molecule has 0 aliphatic rings. The summed E-state index contributed by atoms with van der Waals surface area (Å²) in [7, 11) is 1.52. The van der Waals surface area contributed by atoms with Crippen LogP contribution in [-0.4, -0.2) is 29.6 Å². The Morgan fingerprint density at radius 1 is 1.17 bits per heavy atom. The van der Waals surface area contributed by atoms with E-state index < -0.39 is 5.44 Å². The molecule has 1 unspecified atom stereocenters. The molecule has 0 bridgehead atoms. The van der Waals surface area contributed by atoms with Crippen LogP contribution in [0.1, 0.15) is 10.5 Å². The van der Waals surface area contributed by atoms with Gasteiger partial charge in [-0.05, 0) is 24.0 Å². The van der Waals surface area contributed by atoms with Crippen molar-refractivity contribution in [3.8, 4) is 11.1 Å². The summed E-state index contributed by atoms with van der Waals surface area (Å²) in [5, 5.41) is 1.63. The normalized spacial score (nSPS) is 12.5. The zero-order valence-corrected chi connectivity index (χ0v) is 15.4. The number of halogens is 2. The maximum atomic E-state index is 12.9. The van der Waals surface area contributed by atoms with E-state index in [0.717, 1.165) is 22.0 Å². The Balaban J connectivity index is 2.34. The molecule has 0 fully saturated rings. The average Bonchev–Trinajstić information content (AvgIpc) is 3.00. The van der Waals surface area contributed by atoms with Gasteiger partial charge in [-0.2, -0.15) is 0 Å². The lowest BCUT2D eigenvalue weighted by Gasteiger charge is -2.12. The number of aromatic amines is 1. The second-order valence-corrected chi connectivity index (χ2v) is 6.88. The van der Waals surface area contributed by atoms with Gasteiger partial charge < -0.3 is 9.72 Å². The van der Waals surface area contributed by atoms with E-state index in [1.807, 2.05) is 42.7 Å². The third-order valence-corrected chi connectivity index (χ3v) is 5.44. The van der Waals surface area contributed by atoms with Crippen molar-refractivity contribution in [2.75, 3.05) is 13.4 Å². The average molecular weight is 380 g/mol. The predicted octanol–water partition coefficient (Wildman–Crippen LogP) is 5.66. The molecule has 1 atom stereocenters. The highest BCUT2D eigenvalue weighted by Gasteiger charge is 2.26. The van der Waals surface area contributed by atoms with Gasteiger partial charge >= 0.3 is 0 Å². The number of ketones is 1. The Hall–Kier alpha value is -1.46. The molecule has 6 heteroatoms. The van der Waals surface area contributed by atoms with Gasteiger partial charge in [0.2, 0.25) is 5.78 Å². The summed E-state index contributed by atoms with van der Waals surface area (Å²) in [6.07, 6.45) is 1.83. The van der Waals surface area contributed by atoms with Crippen LogP contribution in [-0.2, 0) is 4.74 Å². The number of aromatic nitrogens is 1. The quantitative estimate of drug-likeness (QED) is 0.459. The minimum Gasteiger partial charge on any atom is -0.362 e. The first kappa shape index (κ1) is 17.4. The maximum absolute atomic E-state index is 12.9. The molecule has 124 valence electrons. The lowest BCUT2D eigenvalue weighted by Crippen LogP contribution is -2.20. The smallest absolute Gasteiger partial charge is 0.218 e. The lowest BCUT2D eigenvalue weighted by molar-refractivity contribution is 0.0791. The first-order valence-electron chi connectivity index (χ1n) is 7.23. The summed E-state index contributed by atoms with van der Waals surface area (Å²) in [5.74, 6) is -0.132. The Bertz CT molecular complexity index is 889. The van der Waals surface area contributed by atoms with Crippen molar-refractivity contribution in [1.29, 1.82) is 0 Å². The van der Waals surface area contributed by atoms with E-state index in [9.17, 15) is 4.79 Å². The number of rotatable bonds is 5. The molecule has 0 saturated carbocycles. The second kappa shape index (κ2) is 7.19. The molecule has 24 heavy (non-hydrogen) atoms. The molecule has 1 heterocycles. The van der Waals surface area contributed by atoms with Crippen LogP contribution in [0.2, 0.25) is 10.0 Å². The van der Waals surface area contributed by atoms with Gasteiger partial charge in [0.1, 0.15) is 0 Å². The first-order valence-corrected chi connectivity index (χ1v) is 9.27. The third kappa shape index (κ3) is 2.95. The number of carbonyl (C=O) groups excluding carboxylic acids is 1. The number of fused-ring (bicyclic) bond motifs is 1. The molecule has 3 rings (SSSR count). The number of carbonyl (C=O) groups is 1. The van der Waals surface area contributed by atoms with Crippen molar-refractivity contribution in [2.45, 2.75) is 5.44 Å². The molecule has 3 nitrogen and oxygen atoms in total. The predicted molar refractivity (Wildman–Crippen MR) is 102 cm³/mol. The number of methoxy groups -OCH3 is 1. The van der Waals surface area contributed by atoms with Crippen molar-refractivity contribution in [3.63, 3.8) is 0 Å². The molecule has 0 aliphatic carbocycles. The SMILES string of the molecule is COC(SC)C(=O)c1[nH]c2ccc(Cl)c(Cl)c2c1-c1ccccc1. The van der Waals surface area contributed by atoms with Crippen LogP contribution >= 0.6 is 35.0 Å². The van der Waals surface area contributed by atoms with Crippen molar-refractivity contribution in [2.24, 2.45) is 0 Å². The summed E-state index contributed by atoms with van der Waals surface area (Å²) in [6.45, 7) is 0. The zero-order chi connectivity index (χ0) is 17.3. The molecule has 0 radical (unpaired) electrons. The van der Waals surface area contributed by atoms with E-state index in [4.69, 9.17) is 27.9 Å². The van der Waals surface area contributed by atoms with Crippen LogP contribution in [0.3, 0.4) is 0 Å². The summed E-state index contributed by atoms with van der Waals surface area (Å²) >= 11 is 14.0. The summed E-state index contributed by atoms with van der Waals surface area (Å²) < 4.78 is 5.29. The van der Waals surface area contributed by atoms with Gasteiger partial charge in [-0.3, -0.25) is 4.79 Å². The minimum atomic E-state index is -0.588. The number of Topliss-reactive ketones (excluding diaryl/α,β-unsaturated/α-hetero) is 1. The Kier molecular flexibility index (Phi) is 5.21. The number of thioether (sulfide) groups is 1.